The molecule has 0 unspecified atom stereocenters. The van der Waals surface area contributed by atoms with Crippen molar-refractivity contribution in [3.05, 3.63) is 35.7 Å². The largest absolute Gasteiger partial charge is 0.497 e. The second kappa shape index (κ2) is 9.78. The van der Waals surface area contributed by atoms with Crippen LogP contribution in [-0.4, -0.2) is 40.6 Å². The minimum Gasteiger partial charge on any atom is -0.497 e. The van der Waals surface area contributed by atoms with Crippen LogP contribution in [0.3, 0.4) is 0 Å². The third-order valence-electron chi connectivity index (χ3n) is 5.01. The lowest BCUT2D eigenvalue weighted by Gasteiger charge is -2.16. The maximum absolute atomic E-state index is 12.2. The molecule has 0 radical (unpaired) electrons. The predicted octanol–water partition coefficient (Wildman–Crippen LogP) is 3.42. The zero-order valence-corrected chi connectivity index (χ0v) is 16.9. The molecule has 7 heteroatoms. The number of aryl methyl sites for hydroxylation is 1. The van der Waals surface area contributed by atoms with Crippen LogP contribution in [0.5, 0.6) is 5.75 Å². The first-order valence-electron chi connectivity index (χ1n) is 9.58. The third kappa shape index (κ3) is 5.25. The van der Waals surface area contributed by atoms with Gasteiger partial charge in [0, 0.05) is 19.0 Å². The molecule has 0 aliphatic heterocycles. The molecule has 1 aromatic carbocycles. The normalized spacial score (nSPS) is 14.4. The molecule has 0 atom stereocenters. The van der Waals surface area contributed by atoms with Gasteiger partial charge in [-0.2, -0.15) is 0 Å². The molecule has 1 heterocycles. The number of thioether (sulfide) groups is 1. The summed E-state index contributed by atoms with van der Waals surface area (Å²) in [5, 5.41) is 12.8. The van der Waals surface area contributed by atoms with Gasteiger partial charge in [-0.05, 0) is 43.2 Å². The number of amides is 1. The Morgan fingerprint density at radius 2 is 2.15 bits per heavy atom. The number of hydrogen-bond acceptors (Lipinski definition) is 5. The Morgan fingerprint density at radius 1 is 1.33 bits per heavy atom. The van der Waals surface area contributed by atoms with Gasteiger partial charge in [0.1, 0.15) is 11.6 Å². The Labute approximate surface area is 165 Å². The Hall–Kier alpha value is -2.02. The van der Waals surface area contributed by atoms with Gasteiger partial charge < -0.3 is 14.6 Å². The summed E-state index contributed by atoms with van der Waals surface area (Å²) in [4.78, 5) is 12.2. The zero-order valence-electron chi connectivity index (χ0n) is 16.1. The number of aromatic nitrogens is 3. The summed E-state index contributed by atoms with van der Waals surface area (Å²) >= 11 is 1.66. The molecule has 2 aromatic rings. The Balaban J connectivity index is 1.47. The van der Waals surface area contributed by atoms with Crippen LogP contribution in [-0.2, 0) is 17.6 Å². The summed E-state index contributed by atoms with van der Waals surface area (Å²) in [6.45, 7) is 0.648. The minimum absolute atomic E-state index is 0.0327. The molecule has 0 bridgehead atoms. The van der Waals surface area contributed by atoms with Gasteiger partial charge in [0.15, 0.2) is 5.16 Å². The van der Waals surface area contributed by atoms with Gasteiger partial charge in [-0.1, -0.05) is 36.7 Å². The highest BCUT2D eigenvalue weighted by Crippen LogP contribution is 2.33. The summed E-state index contributed by atoms with van der Waals surface area (Å²) < 4.78 is 7.53. The maximum Gasteiger partial charge on any atom is 0.224 e. The number of carbonyl (C=O) groups excluding carboxylic acids is 1. The fourth-order valence-corrected chi connectivity index (χ4v) is 4.22. The fourth-order valence-electron chi connectivity index (χ4n) is 3.65. The van der Waals surface area contributed by atoms with Crippen LogP contribution in [0.1, 0.15) is 49.5 Å². The zero-order chi connectivity index (χ0) is 19.1. The van der Waals surface area contributed by atoms with Crippen molar-refractivity contribution >= 4 is 17.7 Å². The van der Waals surface area contributed by atoms with E-state index in [9.17, 15) is 4.79 Å². The number of nitrogens with one attached hydrogen (secondary N) is 1. The van der Waals surface area contributed by atoms with Gasteiger partial charge in [-0.25, -0.2) is 0 Å². The number of hydrogen-bond donors (Lipinski definition) is 1. The van der Waals surface area contributed by atoms with E-state index in [4.69, 9.17) is 4.74 Å². The third-order valence-corrected chi connectivity index (χ3v) is 5.65. The van der Waals surface area contributed by atoms with Gasteiger partial charge in [0.2, 0.25) is 5.91 Å². The quantitative estimate of drug-likeness (QED) is 0.527. The van der Waals surface area contributed by atoms with E-state index in [1.165, 1.54) is 25.7 Å². The molecule has 1 aliphatic carbocycles. The second-order valence-electron chi connectivity index (χ2n) is 6.89. The van der Waals surface area contributed by atoms with Crippen molar-refractivity contribution in [1.29, 1.82) is 0 Å². The van der Waals surface area contributed by atoms with Crippen molar-refractivity contribution in [3.8, 4) is 5.75 Å². The standard InChI is InChI=1S/C20H28N4O2S/c1-26-17-10-5-7-15(13-17)14-19(25)21-12-6-11-18-22-23-20(27-2)24(18)16-8-3-4-9-16/h5,7,10,13,16H,3-4,6,8-9,11-12,14H2,1-2H3,(H,21,25). The molecule has 1 aromatic heterocycles. The second-order valence-corrected chi connectivity index (χ2v) is 7.67. The van der Waals surface area contributed by atoms with Gasteiger partial charge in [0.05, 0.1) is 13.5 Å². The highest BCUT2D eigenvalue weighted by atomic mass is 32.2. The topological polar surface area (TPSA) is 69.0 Å². The number of carbonyl (C=O) groups is 1. The summed E-state index contributed by atoms with van der Waals surface area (Å²) in [5.41, 5.74) is 0.956. The predicted molar refractivity (Wildman–Crippen MR) is 107 cm³/mol. The average Bonchev–Trinajstić information content (AvgIpc) is 3.34. The number of benzene rings is 1. The molecule has 6 nitrogen and oxygen atoms in total. The van der Waals surface area contributed by atoms with Crippen molar-refractivity contribution in [2.45, 2.75) is 56.1 Å². The Morgan fingerprint density at radius 3 is 2.89 bits per heavy atom. The average molecular weight is 389 g/mol. The van der Waals surface area contributed by atoms with Crippen molar-refractivity contribution < 1.29 is 9.53 Å². The monoisotopic (exact) mass is 388 g/mol. The van der Waals surface area contributed by atoms with Crippen LogP contribution < -0.4 is 10.1 Å². The van der Waals surface area contributed by atoms with Gasteiger partial charge >= 0.3 is 0 Å². The molecule has 0 spiro atoms. The van der Waals surface area contributed by atoms with E-state index in [1.54, 1.807) is 18.9 Å². The van der Waals surface area contributed by atoms with Crippen LogP contribution in [0.25, 0.3) is 0 Å². The van der Waals surface area contributed by atoms with Gasteiger partial charge in [-0.15, -0.1) is 10.2 Å². The summed E-state index contributed by atoms with van der Waals surface area (Å²) in [6, 6.07) is 8.16. The Kier molecular flexibility index (Phi) is 7.15. The highest BCUT2D eigenvalue weighted by Gasteiger charge is 2.23. The molecule has 1 N–H and O–H groups in total. The van der Waals surface area contributed by atoms with Crippen molar-refractivity contribution in [3.63, 3.8) is 0 Å². The molecule has 1 fully saturated rings. The van der Waals surface area contributed by atoms with Crippen LogP contribution in [0.15, 0.2) is 29.4 Å². The number of nitrogens with zero attached hydrogens (tertiary/aromatic N) is 3. The van der Waals surface area contributed by atoms with Crippen LogP contribution in [0.2, 0.25) is 0 Å². The first-order valence-corrected chi connectivity index (χ1v) is 10.8. The Bertz CT molecular complexity index is 756. The molecule has 3 rings (SSSR count). The lowest BCUT2D eigenvalue weighted by atomic mass is 10.1. The summed E-state index contributed by atoms with van der Waals surface area (Å²) in [6.07, 6.45) is 9.13. The lowest BCUT2D eigenvalue weighted by molar-refractivity contribution is -0.120. The molecule has 146 valence electrons. The smallest absolute Gasteiger partial charge is 0.224 e. The molecular formula is C20H28N4O2S. The van der Waals surface area contributed by atoms with Crippen molar-refractivity contribution in [2.75, 3.05) is 19.9 Å². The highest BCUT2D eigenvalue weighted by molar-refractivity contribution is 7.98. The van der Waals surface area contributed by atoms with E-state index in [0.29, 0.717) is 19.0 Å². The van der Waals surface area contributed by atoms with E-state index in [1.807, 2.05) is 24.3 Å². The first kappa shape index (κ1) is 19.7. The molecule has 1 amide bonds. The van der Waals surface area contributed by atoms with Gasteiger partial charge in [0.25, 0.3) is 0 Å². The maximum atomic E-state index is 12.2. The molecule has 1 saturated carbocycles. The van der Waals surface area contributed by atoms with Crippen LogP contribution in [0, 0.1) is 0 Å². The molecule has 0 saturated heterocycles. The van der Waals surface area contributed by atoms with Crippen LogP contribution in [0.4, 0.5) is 0 Å². The van der Waals surface area contributed by atoms with Gasteiger partial charge in [-0.3, -0.25) is 4.79 Å². The number of rotatable bonds is 9. The first-order chi connectivity index (χ1) is 13.2. The lowest BCUT2D eigenvalue weighted by Crippen LogP contribution is -2.26. The minimum atomic E-state index is 0.0327. The van der Waals surface area contributed by atoms with E-state index in [-0.39, 0.29) is 5.91 Å². The van der Waals surface area contributed by atoms with E-state index >= 15 is 0 Å². The summed E-state index contributed by atoms with van der Waals surface area (Å²) in [7, 11) is 1.63. The van der Waals surface area contributed by atoms with E-state index in [0.717, 1.165) is 35.1 Å². The van der Waals surface area contributed by atoms with Crippen molar-refractivity contribution in [2.24, 2.45) is 0 Å². The van der Waals surface area contributed by atoms with E-state index in [2.05, 4.69) is 26.3 Å². The SMILES string of the molecule is COc1cccc(CC(=O)NCCCc2nnc(SC)n2C2CCCC2)c1. The van der Waals surface area contributed by atoms with Crippen molar-refractivity contribution in [1.82, 2.24) is 20.1 Å². The molecule has 1 aliphatic rings. The molecule has 27 heavy (non-hydrogen) atoms. The number of methoxy groups -OCH3 is 1. The van der Waals surface area contributed by atoms with E-state index < -0.39 is 0 Å². The van der Waals surface area contributed by atoms with Crippen LogP contribution >= 0.6 is 11.8 Å². The number of ether oxygens (including phenoxy) is 1. The molecular weight excluding hydrogens is 360 g/mol. The fraction of sp³-hybridized carbons (Fsp3) is 0.550. The summed E-state index contributed by atoms with van der Waals surface area (Å²) in [5.74, 6) is 1.86.